The molecular formula is C13H10FN3O3. The Balaban J connectivity index is 2.24. The van der Waals surface area contributed by atoms with Gasteiger partial charge in [-0.15, -0.1) is 0 Å². The molecule has 0 saturated heterocycles. The number of H-pyrrole nitrogens is 1. The van der Waals surface area contributed by atoms with Crippen molar-refractivity contribution >= 4 is 23.6 Å². The Bertz CT molecular complexity index is 666. The SMILES string of the molecule is O=C(O)C=Cc1ccc(F)c(C(=O)Nc2cn[nH]c2)c1. The van der Waals surface area contributed by atoms with Gasteiger partial charge in [-0.25, -0.2) is 9.18 Å². The fourth-order valence-corrected chi connectivity index (χ4v) is 1.51. The smallest absolute Gasteiger partial charge is 0.328 e. The van der Waals surface area contributed by atoms with Crippen LogP contribution < -0.4 is 5.32 Å². The van der Waals surface area contributed by atoms with Crippen molar-refractivity contribution < 1.29 is 19.1 Å². The van der Waals surface area contributed by atoms with Gasteiger partial charge >= 0.3 is 5.97 Å². The zero-order valence-electron chi connectivity index (χ0n) is 10.1. The summed E-state index contributed by atoms with van der Waals surface area (Å²) in [5.74, 6) is -2.47. The van der Waals surface area contributed by atoms with Crippen LogP contribution in [0.3, 0.4) is 0 Å². The van der Waals surface area contributed by atoms with Crippen molar-refractivity contribution in [3.8, 4) is 0 Å². The van der Waals surface area contributed by atoms with Crippen molar-refractivity contribution in [2.75, 3.05) is 5.32 Å². The van der Waals surface area contributed by atoms with E-state index in [1.165, 1.54) is 30.6 Å². The van der Waals surface area contributed by atoms with Crippen LogP contribution in [-0.2, 0) is 4.79 Å². The van der Waals surface area contributed by atoms with Crippen LogP contribution in [0.2, 0.25) is 0 Å². The third-order valence-electron chi connectivity index (χ3n) is 2.41. The quantitative estimate of drug-likeness (QED) is 0.742. The number of nitrogens with one attached hydrogen (secondary N) is 2. The second-order valence-electron chi connectivity index (χ2n) is 3.85. The first kappa shape index (κ1) is 13.5. The predicted octanol–water partition coefficient (Wildman–Crippen LogP) is 1.90. The van der Waals surface area contributed by atoms with Crippen LogP contribution in [0.15, 0.2) is 36.7 Å². The van der Waals surface area contributed by atoms with Gasteiger partial charge < -0.3 is 10.4 Å². The summed E-state index contributed by atoms with van der Waals surface area (Å²) in [6.07, 6.45) is 5.01. The fourth-order valence-electron chi connectivity index (χ4n) is 1.51. The topological polar surface area (TPSA) is 95.1 Å². The van der Waals surface area contributed by atoms with Crippen molar-refractivity contribution in [1.82, 2.24) is 10.2 Å². The molecule has 0 aliphatic heterocycles. The van der Waals surface area contributed by atoms with E-state index in [-0.39, 0.29) is 5.56 Å². The van der Waals surface area contributed by atoms with Crippen LogP contribution in [-0.4, -0.2) is 27.2 Å². The lowest BCUT2D eigenvalue weighted by molar-refractivity contribution is -0.131. The maximum absolute atomic E-state index is 13.6. The predicted molar refractivity (Wildman–Crippen MR) is 69.6 cm³/mol. The van der Waals surface area contributed by atoms with E-state index >= 15 is 0 Å². The molecule has 0 unspecified atom stereocenters. The molecule has 1 heterocycles. The lowest BCUT2D eigenvalue weighted by Crippen LogP contribution is -2.13. The molecule has 0 spiro atoms. The molecule has 0 aliphatic carbocycles. The number of nitrogens with zero attached hydrogens (tertiary/aromatic N) is 1. The third kappa shape index (κ3) is 3.29. The van der Waals surface area contributed by atoms with Gasteiger partial charge in [0, 0.05) is 12.3 Å². The normalized spacial score (nSPS) is 10.7. The molecule has 1 amide bonds. The summed E-state index contributed by atoms with van der Waals surface area (Å²) in [6, 6.07) is 3.75. The molecule has 0 fully saturated rings. The number of aromatic amines is 1. The van der Waals surface area contributed by atoms with E-state index in [0.29, 0.717) is 11.3 Å². The summed E-state index contributed by atoms with van der Waals surface area (Å²) in [7, 11) is 0. The fraction of sp³-hybridized carbons (Fsp3) is 0. The number of hydrogen-bond acceptors (Lipinski definition) is 3. The lowest BCUT2D eigenvalue weighted by Gasteiger charge is -2.05. The molecule has 6 nitrogen and oxygen atoms in total. The highest BCUT2D eigenvalue weighted by molar-refractivity contribution is 6.04. The van der Waals surface area contributed by atoms with E-state index in [1.54, 1.807) is 0 Å². The number of rotatable bonds is 4. The summed E-state index contributed by atoms with van der Waals surface area (Å²) in [6.45, 7) is 0. The number of hydrogen-bond donors (Lipinski definition) is 3. The Hall–Kier alpha value is -2.96. The minimum absolute atomic E-state index is 0.182. The average Bonchev–Trinajstić information content (AvgIpc) is 2.90. The summed E-state index contributed by atoms with van der Waals surface area (Å²) in [5.41, 5.74) is 0.630. The van der Waals surface area contributed by atoms with Crippen LogP contribution in [0.1, 0.15) is 15.9 Å². The van der Waals surface area contributed by atoms with Gasteiger partial charge in [0.15, 0.2) is 0 Å². The van der Waals surface area contributed by atoms with Crippen molar-refractivity contribution in [1.29, 1.82) is 0 Å². The second kappa shape index (κ2) is 5.79. The Labute approximate surface area is 112 Å². The van der Waals surface area contributed by atoms with Gasteiger partial charge in [0.2, 0.25) is 0 Å². The van der Waals surface area contributed by atoms with Crippen molar-refractivity contribution in [2.45, 2.75) is 0 Å². The van der Waals surface area contributed by atoms with Gasteiger partial charge in [-0.3, -0.25) is 9.89 Å². The zero-order valence-corrected chi connectivity index (χ0v) is 10.1. The van der Waals surface area contributed by atoms with E-state index < -0.39 is 17.7 Å². The summed E-state index contributed by atoms with van der Waals surface area (Å²) in [5, 5.41) is 17.1. The molecule has 7 heteroatoms. The number of amides is 1. The van der Waals surface area contributed by atoms with Crippen molar-refractivity contribution in [2.24, 2.45) is 0 Å². The molecule has 20 heavy (non-hydrogen) atoms. The van der Waals surface area contributed by atoms with Gasteiger partial charge in [0.05, 0.1) is 17.4 Å². The average molecular weight is 275 g/mol. The van der Waals surface area contributed by atoms with Gasteiger partial charge in [0.25, 0.3) is 5.91 Å². The Morgan fingerprint density at radius 3 is 2.85 bits per heavy atom. The highest BCUT2D eigenvalue weighted by Crippen LogP contribution is 2.14. The summed E-state index contributed by atoms with van der Waals surface area (Å²) in [4.78, 5) is 22.3. The van der Waals surface area contributed by atoms with Gasteiger partial charge in [-0.1, -0.05) is 6.07 Å². The first-order valence-corrected chi connectivity index (χ1v) is 5.57. The van der Waals surface area contributed by atoms with Crippen LogP contribution in [0, 0.1) is 5.82 Å². The number of benzene rings is 1. The van der Waals surface area contributed by atoms with E-state index in [4.69, 9.17) is 5.11 Å². The standard InChI is InChI=1S/C13H10FN3O3/c14-11-3-1-8(2-4-12(18)19)5-10(11)13(20)17-9-6-15-16-7-9/h1-7H,(H,15,16)(H,17,20)(H,18,19). The monoisotopic (exact) mass is 275 g/mol. The number of anilines is 1. The molecule has 1 aromatic carbocycles. The molecule has 102 valence electrons. The highest BCUT2D eigenvalue weighted by Gasteiger charge is 2.12. The molecule has 3 N–H and O–H groups in total. The molecule has 2 rings (SSSR count). The zero-order chi connectivity index (χ0) is 14.5. The molecule has 0 aliphatic rings. The summed E-state index contributed by atoms with van der Waals surface area (Å²) < 4.78 is 13.6. The molecule has 2 aromatic rings. The van der Waals surface area contributed by atoms with E-state index in [0.717, 1.165) is 12.1 Å². The highest BCUT2D eigenvalue weighted by atomic mass is 19.1. The van der Waals surface area contributed by atoms with Gasteiger partial charge in [0.1, 0.15) is 5.82 Å². The number of carboxylic acids is 1. The number of carbonyl (C=O) groups is 2. The molecule has 0 bridgehead atoms. The molecular weight excluding hydrogens is 265 g/mol. The maximum Gasteiger partial charge on any atom is 0.328 e. The molecule has 1 aromatic heterocycles. The second-order valence-corrected chi connectivity index (χ2v) is 3.85. The maximum atomic E-state index is 13.6. The molecule has 0 radical (unpaired) electrons. The number of carbonyl (C=O) groups excluding carboxylic acids is 1. The Morgan fingerprint density at radius 1 is 1.40 bits per heavy atom. The summed E-state index contributed by atoms with van der Waals surface area (Å²) >= 11 is 0. The lowest BCUT2D eigenvalue weighted by atomic mass is 10.1. The largest absolute Gasteiger partial charge is 0.478 e. The Morgan fingerprint density at radius 2 is 2.20 bits per heavy atom. The first-order valence-electron chi connectivity index (χ1n) is 5.57. The first-order chi connectivity index (χ1) is 9.56. The van der Waals surface area contributed by atoms with Crippen LogP contribution in [0.25, 0.3) is 6.08 Å². The van der Waals surface area contributed by atoms with E-state index in [1.807, 2.05) is 0 Å². The van der Waals surface area contributed by atoms with E-state index in [9.17, 15) is 14.0 Å². The molecule has 0 atom stereocenters. The van der Waals surface area contributed by atoms with Gasteiger partial charge in [-0.05, 0) is 23.8 Å². The van der Waals surface area contributed by atoms with Crippen LogP contribution in [0.4, 0.5) is 10.1 Å². The number of aliphatic carboxylic acids is 1. The van der Waals surface area contributed by atoms with Gasteiger partial charge in [-0.2, -0.15) is 5.10 Å². The van der Waals surface area contributed by atoms with Crippen molar-refractivity contribution in [3.63, 3.8) is 0 Å². The van der Waals surface area contributed by atoms with Crippen molar-refractivity contribution in [3.05, 3.63) is 53.6 Å². The van der Waals surface area contributed by atoms with E-state index in [2.05, 4.69) is 15.5 Å². The number of halogens is 1. The number of aromatic nitrogens is 2. The van der Waals surface area contributed by atoms with Crippen LogP contribution in [0.5, 0.6) is 0 Å². The number of carboxylic acid groups (broad SMARTS) is 1. The minimum Gasteiger partial charge on any atom is -0.478 e. The van der Waals surface area contributed by atoms with Crippen LogP contribution >= 0.6 is 0 Å². The third-order valence-corrected chi connectivity index (χ3v) is 2.41. The minimum atomic E-state index is -1.13. The molecule has 0 saturated carbocycles. The Kier molecular flexibility index (Phi) is 3.90.